The van der Waals surface area contributed by atoms with Crippen LogP contribution in [0.4, 0.5) is 11.5 Å². The fourth-order valence-electron chi connectivity index (χ4n) is 4.17. The van der Waals surface area contributed by atoms with E-state index >= 15 is 0 Å². The standard InChI is InChI=1S/C25H26N4O4/c1-31-20-7-4-17(5-8-20)21-9-11-24(28-27-21)29-12-2-3-18(16-29)25(30)26-19-6-10-22-23(15-19)33-14-13-32-22/h4-11,15,18H,2-3,12-14,16H2,1H3,(H,26,30). The lowest BCUT2D eigenvalue weighted by Crippen LogP contribution is -2.41. The second-order valence-electron chi connectivity index (χ2n) is 8.14. The zero-order valence-corrected chi connectivity index (χ0v) is 18.5. The highest BCUT2D eigenvalue weighted by Gasteiger charge is 2.27. The molecule has 8 heteroatoms. The number of rotatable bonds is 5. The number of amides is 1. The summed E-state index contributed by atoms with van der Waals surface area (Å²) in [4.78, 5) is 15.1. The Morgan fingerprint density at radius 2 is 1.85 bits per heavy atom. The zero-order chi connectivity index (χ0) is 22.6. The molecule has 170 valence electrons. The number of aromatic nitrogens is 2. The van der Waals surface area contributed by atoms with Crippen molar-refractivity contribution in [3.05, 3.63) is 54.6 Å². The minimum Gasteiger partial charge on any atom is -0.497 e. The van der Waals surface area contributed by atoms with E-state index in [1.807, 2.05) is 54.6 Å². The molecule has 0 radical (unpaired) electrons. The topological polar surface area (TPSA) is 85.8 Å². The van der Waals surface area contributed by atoms with Gasteiger partial charge in [-0.15, -0.1) is 10.2 Å². The maximum Gasteiger partial charge on any atom is 0.229 e. The molecule has 1 fully saturated rings. The Balaban J connectivity index is 1.23. The Morgan fingerprint density at radius 3 is 2.61 bits per heavy atom. The second kappa shape index (κ2) is 9.36. The average molecular weight is 447 g/mol. The van der Waals surface area contributed by atoms with Crippen LogP contribution < -0.4 is 24.4 Å². The van der Waals surface area contributed by atoms with Gasteiger partial charge in [-0.1, -0.05) is 0 Å². The van der Waals surface area contributed by atoms with E-state index in [9.17, 15) is 4.79 Å². The molecule has 1 amide bonds. The fourth-order valence-corrected chi connectivity index (χ4v) is 4.17. The third-order valence-corrected chi connectivity index (χ3v) is 5.96. The van der Waals surface area contributed by atoms with Gasteiger partial charge in [0.25, 0.3) is 0 Å². The van der Waals surface area contributed by atoms with E-state index in [-0.39, 0.29) is 11.8 Å². The molecule has 0 spiro atoms. The molecule has 8 nitrogen and oxygen atoms in total. The van der Waals surface area contributed by atoms with Gasteiger partial charge in [-0.05, 0) is 61.4 Å². The number of nitrogens with zero attached hydrogens (tertiary/aromatic N) is 3. The number of fused-ring (bicyclic) bond motifs is 1. The summed E-state index contributed by atoms with van der Waals surface area (Å²) in [7, 11) is 1.64. The smallest absolute Gasteiger partial charge is 0.229 e. The molecule has 2 aliphatic rings. The number of anilines is 2. The van der Waals surface area contributed by atoms with Crippen LogP contribution in [-0.2, 0) is 4.79 Å². The Morgan fingerprint density at radius 1 is 1.03 bits per heavy atom. The highest BCUT2D eigenvalue weighted by molar-refractivity contribution is 5.93. The maximum absolute atomic E-state index is 12.9. The summed E-state index contributed by atoms with van der Waals surface area (Å²) >= 11 is 0. The van der Waals surface area contributed by atoms with Crippen LogP contribution in [0.25, 0.3) is 11.3 Å². The van der Waals surface area contributed by atoms with Crippen molar-refractivity contribution in [1.82, 2.24) is 10.2 Å². The predicted molar refractivity (Wildman–Crippen MR) is 125 cm³/mol. The molecule has 1 atom stereocenters. The molecular weight excluding hydrogens is 420 g/mol. The highest BCUT2D eigenvalue weighted by Crippen LogP contribution is 2.33. The van der Waals surface area contributed by atoms with E-state index in [1.165, 1.54) is 0 Å². The predicted octanol–water partition coefficient (Wildman–Crippen LogP) is 3.78. The number of hydrogen-bond donors (Lipinski definition) is 1. The molecule has 5 rings (SSSR count). The van der Waals surface area contributed by atoms with Gasteiger partial charge in [0.15, 0.2) is 17.3 Å². The molecule has 1 unspecified atom stereocenters. The highest BCUT2D eigenvalue weighted by atomic mass is 16.6. The van der Waals surface area contributed by atoms with Crippen LogP contribution in [0, 0.1) is 5.92 Å². The Labute approximate surface area is 192 Å². The number of benzene rings is 2. The van der Waals surface area contributed by atoms with Crippen LogP contribution >= 0.6 is 0 Å². The largest absolute Gasteiger partial charge is 0.497 e. The number of ether oxygens (including phenoxy) is 3. The third-order valence-electron chi connectivity index (χ3n) is 5.96. The van der Waals surface area contributed by atoms with Gasteiger partial charge in [0.2, 0.25) is 5.91 Å². The molecule has 1 aromatic heterocycles. The zero-order valence-electron chi connectivity index (χ0n) is 18.5. The fraction of sp³-hybridized carbons (Fsp3) is 0.320. The molecule has 1 saturated heterocycles. The summed E-state index contributed by atoms with van der Waals surface area (Å²) < 4.78 is 16.4. The van der Waals surface area contributed by atoms with Crippen molar-refractivity contribution in [2.45, 2.75) is 12.8 Å². The van der Waals surface area contributed by atoms with Crippen LogP contribution in [0.2, 0.25) is 0 Å². The molecule has 0 aliphatic carbocycles. The van der Waals surface area contributed by atoms with Gasteiger partial charge in [0, 0.05) is 30.4 Å². The third kappa shape index (κ3) is 4.69. The van der Waals surface area contributed by atoms with E-state index in [0.29, 0.717) is 36.9 Å². The van der Waals surface area contributed by atoms with Crippen molar-refractivity contribution in [3.8, 4) is 28.5 Å². The van der Waals surface area contributed by atoms with Crippen LogP contribution in [-0.4, -0.2) is 49.5 Å². The van der Waals surface area contributed by atoms with Gasteiger partial charge in [0.05, 0.1) is 18.7 Å². The normalized spacial score (nSPS) is 17.4. The molecule has 3 heterocycles. The van der Waals surface area contributed by atoms with Crippen LogP contribution in [0.15, 0.2) is 54.6 Å². The molecule has 33 heavy (non-hydrogen) atoms. The van der Waals surface area contributed by atoms with E-state index < -0.39 is 0 Å². The van der Waals surface area contributed by atoms with Crippen LogP contribution in [0.5, 0.6) is 17.2 Å². The monoisotopic (exact) mass is 446 g/mol. The summed E-state index contributed by atoms with van der Waals surface area (Å²) in [5.41, 5.74) is 2.49. The molecule has 1 N–H and O–H groups in total. The summed E-state index contributed by atoms with van der Waals surface area (Å²) in [5.74, 6) is 2.83. The minimum absolute atomic E-state index is 0.000750. The van der Waals surface area contributed by atoms with Crippen molar-refractivity contribution in [1.29, 1.82) is 0 Å². The summed E-state index contributed by atoms with van der Waals surface area (Å²) in [6, 6.07) is 17.1. The quantitative estimate of drug-likeness (QED) is 0.638. The lowest BCUT2D eigenvalue weighted by molar-refractivity contribution is -0.120. The Hall–Kier alpha value is -3.81. The van der Waals surface area contributed by atoms with Crippen molar-refractivity contribution in [2.24, 2.45) is 5.92 Å². The van der Waals surface area contributed by atoms with Crippen molar-refractivity contribution in [2.75, 3.05) is 43.6 Å². The average Bonchev–Trinajstić information content (AvgIpc) is 2.89. The lowest BCUT2D eigenvalue weighted by atomic mass is 9.97. The molecular formula is C25H26N4O4. The number of nitrogens with one attached hydrogen (secondary N) is 1. The van der Waals surface area contributed by atoms with Gasteiger partial charge in [-0.25, -0.2) is 0 Å². The maximum atomic E-state index is 12.9. The Kier molecular flexibility index (Phi) is 5.97. The van der Waals surface area contributed by atoms with Crippen molar-refractivity contribution >= 4 is 17.4 Å². The van der Waals surface area contributed by atoms with Gasteiger partial charge in [0.1, 0.15) is 19.0 Å². The minimum atomic E-state index is -0.130. The van der Waals surface area contributed by atoms with E-state index in [2.05, 4.69) is 20.4 Å². The number of hydrogen-bond acceptors (Lipinski definition) is 7. The molecule has 2 aromatic carbocycles. The molecule has 2 aliphatic heterocycles. The SMILES string of the molecule is COc1ccc(-c2ccc(N3CCCC(C(=O)Nc4ccc5c(c4)OCCO5)C3)nn2)cc1. The van der Waals surface area contributed by atoms with E-state index in [1.54, 1.807) is 7.11 Å². The second-order valence-corrected chi connectivity index (χ2v) is 8.14. The molecule has 0 bridgehead atoms. The summed E-state index contributed by atoms with van der Waals surface area (Å²) in [6.07, 6.45) is 1.76. The van der Waals surface area contributed by atoms with E-state index in [4.69, 9.17) is 14.2 Å². The Bertz CT molecular complexity index is 1120. The number of carbonyl (C=O) groups is 1. The number of piperidine rings is 1. The van der Waals surface area contributed by atoms with Gasteiger partial charge < -0.3 is 24.4 Å². The molecule has 3 aromatic rings. The number of carbonyl (C=O) groups excluding carboxylic acids is 1. The summed E-state index contributed by atoms with van der Waals surface area (Å²) in [5, 5.41) is 11.9. The van der Waals surface area contributed by atoms with E-state index in [0.717, 1.165) is 42.2 Å². The first-order chi connectivity index (χ1) is 16.2. The van der Waals surface area contributed by atoms with Gasteiger partial charge in [-0.3, -0.25) is 4.79 Å². The lowest BCUT2D eigenvalue weighted by Gasteiger charge is -2.32. The summed E-state index contributed by atoms with van der Waals surface area (Å²) in [6.45, 7) is 2.51. The first-order valence-electron chi connectivity index (χ1n) is 11.1. The molecule has 0 saturated carbocycles. The van der Waals surface area contributed by atoms with Gasteiger partial charge >= 0.3 is 0 Å². The van der Waals surface area contributed by atoms with Crippen LogP contribution in [0.3, 0.4) is 0 Å². The van der Waals surface area contributed by atoms with Crippen LogP contribution in [0.1, 0.15) is 12.8 Å². The van der Waals surface area contributed by atoms with Crippen molar-refractivity contribution in [3.63, 3.8) is 0 Å². The first kappa shape index (κ1) is 21.1. The first-order valence-corrected chi connectivity index (χ1v) is 11.1. The van der Waals surface area contributed by atoms with Gasteiger partial charge in [-0.2, -0.15) is 0 Å². The number of methoxy groups -OCH3 is 1. The van der Waals surface area contributed by atoms with Crippen molar-refractivity contribution < 1.29 is 19.0 Å².